The van der Waals surface area contributed by atoms with Crippen molar-refractivity contribution >= 4 is 11.8 Å². The zero-order valence-electron chi connectivity index (χ0n) is 20.1. The van der Waals surface area contributed by atoms with Gasteiger partial charge in [-0.15, -0.1) is 0 Å². The Morgan fingerprint density at radius 1 is 1.08 bits per heavy atom. The standard InChI is InChI=1S/C27H24F3N5O3/c28-27(29,30)21-14-18(6-7-19(21)15-31)23(17-4-2-1-3-5-17)26(38,25(32)37)20-8-12-35(13-9-20)24(36)22-16-33-10-11-34-22/h1-7,10-11,14,16,20,23,38H,8-9,12-13H2,(H2,32,37). The minimum atomic E-state index is -4.83. The van der Waals surface area contributed by atoms with Gasteiger partial charge in [0.05, 0.1) is 23.4 Å². The molecule has 4 rings (SSSR count). The second-order valence-electron chi connectivity index (χ2n) is 9.11. The van der Waals surface area contributed by atoms with E-state index in [-0.39, 0.29) is 43.1 Å². The number of hydrogen-bond donors (Lipinski definition) is 2. The van der Waals surface area contributed by atoms with E-state index in [4.69, 9.17) is 5.73 Å². The number of carbonyl (C=O) groups is 2. The molecular weight excluding hydrogens is 499 g/mol. The molecule has 1 fully saturated rings. The highest BCUT2D eigenvalue weighted by Gasteiger charge is 2.51. The molecule has 0 saturated carbocycles. The highest BCUT2D eigenvalue weighted by atomic mass is 19.4. The van der Waals surface area contributed by atoms with Gasteiger partial charge in [-0.2, -0.15) is 18.4 Å². The molecular formula is C27H24F3N5O3. The Bertz CT molecular complexity index is 1350. The summed E-state index contributed by atoms with van der Waals surface area (Å²) < 4.78 is 41.4. The summed E-state index contributed by atoms with van der Waals surface area (Å²) in [6.45, 7) is 0.330. The molecule has 1 saturated heterocycles. The number of nitrogens with two attached hydrogens (primary N) is 1. The number of aromatic nitrogens is 2. The van der Waals surface area contributed by atoms with Crippen molar-refractivity contribution in [2.75, 3.05) is 13.1 Å². The van der Waals surface area contributed by atoms with E-state index in [1.165, 1.54) is 29.6 Å². The third-order valence-electron chi connectivity index (χ3n) is 6.96. The Balaban J connectivity index is 1.74. The summed E-state index contributed by atoms with van der Waals surface area (Å²) in [5.74, 6) is -3.49. The molecule has 2 amide bonds. The number of nitriles is 1. The van der Waals surface area contributed by atoms with Gasteiger partial charge in [-0.05, 0) is 36.1 Å². The second kappa shape index (κ2) is 10.6. The van der Waals surface area contributed by atoms with Crippen LogP contribution in [0.25, 0.3) is 0 Å². The molecule has 1 aromatic heterocycles. The molecule has 3 aromatic rings. The molecule has 1 aliphatic rings. The Hall–Kier alpha value is -4.30. The lowest BCUT2D eigenvalue weighted by Gasteiger charge is -2.44. The van der Waals surface area contributed by atoms with Crippen LogP contribution in [0, 0.1) is 17.2 Å². The molecule has 0 radical (unpaired) electrons. The third kappa shape index (κ3) is 5.08. The third-order valence-corrected chi connectivity index (χ3v) is 6.96. The summed E-state index contributed by atoms with van der Waals surface area (Å²) in [5.41, 5.74) is 2.26. The number of carbonyl (C=O) groups excluding carboxylic acids is 2. The normalized spacial score (nSPS) is 16.8. The summed E-state index contributed by atoms with van der Waals surface area (Å²) in [6, 6.07) is 12.8. The first-order chi connectivity index (χ1) is 18.1. The van der Waals surface area contributed by atoms with Crippen LogP contribution in [-0.2, 0) is 11.0 Å². The minimum absolute atomic E-state index is 0.0121. The lowest BCUT2D eigenvalue weighted by Crippen LogP contribution is -2.57. The van der Waals surface area contributed by atoms with Crippen molar-refractivity contribution in [2.24, 2.45) is 11.7 Å². The van der Waals surface area contributed by atoms with Crippen LogP contribution in [0.2, 0.25) is 0 Å². The van der Waals surface area contributed by atoms with Crippen molar-refractivity contribution in [2.45, 2.75) is 30.5 Å². The molecule has 0 spiro atoms. The first-order valence-electron chi connectivity index (χ1n) is 11.8. The predicted octanol–water partition coefficient (Wildman–Crippen LogP) is 3.27. The summed E-state index contributed by atoms with van der Waals surface area (Å²) >= 11 is 0. The van der Waals surface area contributed by atoms with Crippen molar-refractivity contribution < 1.29 is 27.9 Å². The van der Waals surface area contributed by atoms with Crippen LogP contribution < -0.4 is 5.73 Å². The Morgan fingerprint density at radius 2 is 1.76 bits per heavy atom. The van der Waals surface area contributed by atoms with Crippen LogP contribution in [-0.4, -0.2) is 50.5 Å². The summed E-state index contributed by atoms with van der Waals surface area (Å²) in [6.07, 6.45) is -0.341. The number of aliphatic hydroxyl groups is 1. The van der Waals surface area contributed by atoms with Gasteiger partial charge in [0.15, 0.2) is 5.60 Å². The zero-order valence-corrected chi connectivity index (χ0v) is 20.1. The first kappa shape index (κ1) is 26.8. The highest BCUT2D eigenvalue weighted by Crippen LogP contribution is 2.45. The van der Waals surface area contributed by atoms with E-state index in [1.807, 2.05) is 0 Å². The lowest BCUT2D eigenvalue weighted by atomic mass is 9.67. The van der Waals surface area contributed by atoms with Gasteiger partial charge in [-0.1, -0.05) is 36.4 Å². The predicted molar refractivity (Wildman–Crippen MR) is 129 cm³/mol. The number of hydrogen-bond acceptors (Lipinski definition) is 6. The molecule has 0 aliphatic carbocycles. The molecule has 2 atom stereocenters. The maximum Gasteiger partial charge on any atom is 0.417 e. The van der Waals surface area contributed by atoms with Crippen molar-refractivity contribution in [3.05, 3.63) is 95.1 Å². The van der Waals surface area contributed by atoms with Crippen molar-refractivity contribution in [3.63, 3.8) is 0 Å². The monoisotopic (exact) mass is 523 g/mol. The van der Waals surface area contributed by atoms with E-state index in [0.717, 1.165) is 12.1 Å². The van der Waals surface area contributed by atoms with E-state index in [0.29, 0.717) is 5.56 Å². The quantitative estimate of drug-likeness (QED) is 0.510. The number of piperidine rings is 1. The van der Waals surface area contributed by atoms with Crippen molar-refractivity contribution in [1.82, 2.24) is 14.9 Å². The summed E-state index contributed by atoms with van der Waals surface area (Å²) in [4.78, 5) is 35.2. The van der Waals surface area contributed by atoms with Gasteiger partial charge in [-0.25, -0.2) is 4.98 Å². The molecule has 2 aromatic carbocycles. The van der Waals surface area contributed by atoms with Gasteiger partial charge in [0.25, 0.3) is 11.8 Å². The Kier molecular flexibility index (Phi) is 7.46. The zero-order chi connectivity index (χ0) is 27.5. The molecule has 0 bridgehead atoms. The fourth-order valence-electron chi connectivity index (χ4n) is 5.09. The fraction of sp³-hybridized carbons (Fsp3) is 0.296. The van der Waals surface area contributed by atoms with Crippen LogP contribution in [0.4, 0.5) is 13.2 Å². The molecule has 2 heterocycles. The van der Waals surface area contributed by atoms with Gasteiger partial charge in [0, 0.05) is 37.3 Å². The van der Waals surface area contributed by atoms with Crippen LogP contribution in [0.1, 0.15) is 51.5 Å². The number of benzene rings is 2. The Labute approximate surface area is 216 Å². The number of primary amides is 1. The first-order valence-corrected chi connectivity index (χ1v) is 11.8. The number of halogens is 3. The molecule has 8 nitrogen and oxygen atoms in total. The average Bonchev–Trinajstić information content (AvgIpc) is 2.93. The van der Waals surface area contributed by atoms with E-state index < -0.39 is 40.6 Å². The van der Waals surface area contributed by atoms with Gasteiger partial charge in [0.2, 0.25) is 0 Å². The largest absolute Gasteiger partial charge is 0.417 e. The van der Waals surface area contributed by atoms with Gasteiger partial charge in [-0.3, -0.25) is 14.6 Å². The average molecular weight is 524 g/mol. The van der Waals surface area contributed by atoms with Crippen LogP contribution in [0.3, 0.4) is 0 Å². The maximum atomic E-state index is 13.8. The molecule has 3 N–H and O–H groups in total. The Morgan fingerprint density at radius 3 is 2.32 bits per heavy atom. The van der Waals surface area contributed by atoms with E-state index in [9.17, 15) is 33.1 Å². The van der Waals surface area contributed by atoms with Gasteiger partial charge < -0.3 is 15.7 Å². The van der Waals surface area contributed by atoms with E-state index in [2.05, 4.69) is 9.97 Å². The molecule has 11 heteroatoms. The lowest BCUT2D eigenvalue weighted by molar-refractivity contribution is -0.146. The van der Waals surface area contributed by atoms with Crippen LogP contribution >= 0.6 is 0 Å². The highest BCUT2D eigenvalue weighted by molar-refractivity contribution is 5.92. The van der Waals surface area contributed by atoms with Crippen LogP contribution in [0.15, 0.2) is 67.1 Å². The van der Waals surface area contributed by atoms with E-state index >= 15 is 0 Å². The maximum absolute atomic E-state index is 13.8. The number of nitrogens with zero attached hydrogens (tertiary/aromatic N) is 4. The topological polar surface area (TPSA) is 133 Å². The SMILES string of the molecule is N#Cc1ccc(C(c2ccccc2)C(O)(C(N)=O)C2CCN(C(=O)c3cnccn3)CC2)cc1C(F)(F)F. The molecule has 1 aliphatic heterocycles. The number of rotatable bonds is 6. The number of alkyl halides is 3. The second-order valence-corrected chi connectivity index (χ2v) is 9.11. The van der Waals surface area contributed by atoms with Crippen LogP contribution in [0.5, 0.6) is 0 Å². The van der Waals surface area contributed by atoms with E-state index in [1.54, 1.807) is 36.4 Å². The van der Waals surface area contributed by atoms with Gasteiger partial charge in [0.1, 0.15) is 5.69 Å². The van der Waals surface area contributed by atoms with Crippen molar-refractivity contribution in [3.8, 4) is 6.07 Å². The summed E-state index contributed by atoms with van der Waals surface area (Å²) in [5, 5.41) is 21.2. The van der Waals surface area contributed by atoms with Gasteiger partial charge >= 0.3 is 6.18 Å². The number of likely N-dealkylation sites (tertiary alicyclic amines) is 1. The number of amides is 2. The molecule has 38 heavy (non-hydrogen) atoms. The molecule has 2 unspecified atom stereocenters. The fourth-order valence-corrected chi connectivity index (χ4v) is 5.09. The van der Waals surface area contributed by atoms with Crippen molar-refractivity contribution in [1.29, 1.82) is 5.26 Å². The summed E-state index contributed by atoms with van der Waals surface area (Å²) in [7, 11) is 0. The smallest absolute Gasteiger partial charge is 0.379 e. The minimum Gasteiger partial charge on any atom is -0.379 e. The molecule has 196 valence electrons.